The van der Waals surface area contributed by atoms with Gasteiger partial charge in [0.25, 0.3) is 5.91 Å². The Hall–Kier alpha value is -2.94. The van der Waals surface area contributed by atoms with Gasteiger partial charge in [-0.1, -0.05) is 53.6 Å². The number of ketones is 1. The Kier molecular flexibility index (Phi) is 6.18. The molecule has 0 aliphatic heterocycles. The van der Waals surface area contributed by atoms with Crippen molar-refractivity contribution >= 4 is 61.4 Å². The zero-order valence-electron chi connectivity index (χ0n) is 17.2. The molecule has 6 nitrogen and oxygen atoms in total. The van der Waals surface area contributed by atoms with Gasteiger partial charge in [-0.2, -0.15) is 0 Å². The number of rotatable bonds is 5. The van der Waals surface area contributed by atoms with Crippen LogP contribution in [-0.4, -0.2) is 30.9 Å². The summed E-state index contributed by atoms with van der Waals surface area (Å²) in [6.45, 7) is -0.144. The summed E-state index contributed by atoms with van der Waals surface area (Å²) < 4.78 is 41.9. The number of Topliss-reactive ketones (excluding diaryl/α,β-unsaturated/α-hetero) is 1. The van der Waals surface area contributed by atoms with E-state index in [2.05, 4.69) is 0 Å². The minimum atomic E-state index is -3.94. The highest BCUT2D eigenvalue weighted by atomic mass is 35.5. The molecule has 0 saturated carbocycles. The maximum atomic E-state index is 14.7. The molecule has 1 heterocycles. The quantitative estimate of drug-likeness (QED) is 0.541. The second-order valence-corrected chi connectivity index (χ2v) is 10.1. The molecule has 33 heavy (non-hydrogen) atoms. The number of nitrogens with zero attached hydrogens (tertiary/aromatic N) is 1. The second-order valence-electron chi connectivity index (χ2n) is 7.52. The van der Waals surface area contributed by atoms with Crippen LogP contribution in [0.4, 0.5) is 4.39 Å². The standard InChI is InChI=1S/C23H17Cl2FN2O4S/c1-33(31,32)27-23(30)22-20(15-6-2-3-8-19(15)29)16-11-14(24)9-10-18(16)28(22)12-13-5-4-7-17(25)21(13)26/h2-7,9-11H,8,12H2,1H3,(H,27,30). The van der Waals surface area contributed by atoms with E-state index in [1.165, 1.54) is 16.7 Å². The van der Waals surface area contributed by atoms with Crippen molar-refractivity contribution in [1.29, 1.82) is 0 Å². The summed E-state index contributed by atoms with van der Waals surface area (Å²) in [6, 6.07) is 9.28. The smallest absolute Gasteiger partial charge is 0.282 e. The number of allylic oxidation sites excluding steroid dienone is 4. The molecule has 1 aromatic heterocycles. The van der Waals surface area contributed by atoms with Crippen molar-refractivity contribution in [2.75, 3.05) is 6.26 Å². The Morgan fingerprint density at radius 1 is 1.21 bits per heavy atom. The van der Waals surface area contributed by atoms with Gasteiger partial charge in [0.05, 0.1) is 17.8 Å². The molecule has 10 heteroatoms. The van der Waals surface area contributed by atoms with Crippen molar-refractivity contribution in [3.05, 3.63) is 87.3 Å². The van der Waals surface area contributed by atoms with E-state index < -0.39 is 21.7 Å². The second kappa shape index (κ2) is 8.78. The molecule has 0 saturated heterocycles. The third-order valence-corrected chi connectivity index (χ3v) is 6.23. The van der Waals surface area contributed by atoms with Crippen LogP contribution < -0.4 is 4.72 Å². The number of hydrogen-bond acceptors (Lipinski definition) is 4. The average Bonchev–Trinajstić information content (AvgIpc) is 3.04. The van der Waals surface area contributed by atoms with E-state index in [4.69, 9.17) is 23.2 Å². The van der Waals surface area contributed by atoms with Crippen LogP contribution in [0.5, 0.6) is 0 Å². The fourth-order valence-electron chi connectivity index (χ4n) is 3.82. The topological polar surface area (TPSA) is 85.2 Å². The van der Waals surface area contributed by atoms with E-state index in [1.54, 1.807) is 42.5 Å². The summed E-state index contributed by atoms with van der Waals surface area (Å²) in [5.74, 6) is -1.87. The van der Waals surface area contributed by atoms with Crippen molar-refractivity contribution in [2.24, 2.45) is 0 Å². The lowest BCUT2D eigenvalue weighted by molar-refractivity contribution is -0.113. The Balaban J connectivity index is 2.07. The van der Waals surface area contributed by atoms with Gasteiger partial charge < -0.3 is 4.57 Å². The van der Waals surface area contributed by atoms with Crippen LogP contribution in [0.15, 0.2) is 54.6 Å². The lowest BCUT2D eigenvalue weighted by Crippen LogP contribution is -2.32. The summed E-state index contributed by atoms with van der Waals surface area (Å²) in [5, 5.41) is 0.715. The fourth-order valence-corrected chi connectivity index (χ4v) is 4.62. The van der Waals surface area contributed by atoms with Gasteiger partial charge in [0, 0.05) is 39.0 Å². The van der Waals surface area contributed by atoms with E-state index in [0.29, 0.717) is 15.9 Å². The predicted octanol–water partition coefficient (Wildman–Crippen LogP) is 4.74. The molecule has 0 atom stereocenters. The number of nitrogens with one attached hydrogen (secondary N) is 1. The highest BCUT2D eigenvalue weighted by molar-refractivity contribution is 7.89. The Morgan fingerprint density at radius 2 is 1.97 bits per heavy atom. The van der Waals surface area contributed by atoms with E-state index in [0.717, 1.165) is 6.26 Å². The number of hydrogen-bond donors (Lipinski definition) is 1. The van der Waals surface area contributed by atoms with E-state index in [1.807, 2.05) is 4.72 Å². The van der Waals surface area contributed by atoms with Crippen molar-refractivity contribution in [3.63, 3.8) is 0 Å². The SMILES string of the molecule is CS(=O)(=O)NC(=O)c1c(C2=CC=CCC2=O)c2cc(Cl)ccc2n1Cc1cccc(Cl)c1F. The number of aromatic nitrogens is 1. The van der Waals surface area contributed by atoms with Crippen LogP contribution in [-0.2, 0) is 21.4 Å². The molecule has 0 unspecified atom stereocenters. The molecule has 4 rings (SSSR count). The first-order chi connectivity index (χ1) is 15.6. The molecule has 0 spiro atoms. The number of halogens is 3. The zero-order valence-corrected chi connectivity index (χ0v) is 19.6. The number of carbonyl (C=O) groups excluding carboxylic acids is 2. The molecule has 1 aliphatic carbocycles. The fraction of sp³-hybridized carbons (Fsp3) is 0.130. The van der Waals surface area contributed by atoms with Crippen LogP contribution in [0, 0.1) is 5.82 Å². The van der Waals surface area contributed by atoms with Gasteiger partial charge in [0.15, 0.2) is 5.78 Å². The molecule has 3 aromatic rings. The first-order valence-electron chi connectivity index (χ1n) is 9.74. The van der Waals surface area contributed by atoms with Gasteiger partial charge in [0.1, 0.15) is 11.5 Å². The first kappa shape index (κ1) is 23.2. The van der Waals surface area contributed by atoms with Crippen molar-refractivity contribution in [2.45, 2.75) is 13.0 Å². The van der Waals surface area contributed by atoms with E-state index in [-0.39, 0.29) is 46.2 Å². The maximum Gasteiger partial charge on any atom is 0.282 e. The Bertz CT molecular complexity index is 1490. The van der Waals surface area contributed by atoms with E-state index in [9.17, 15) is 22.4 Å². The summed E-state index contributed by atoms with van der Waals surface area (Å²) >= 11 is 12.2. The third kappa shape index (κ3) is 4.59. The minimum absolute atomic E-state index is 0.0929. The van der Waals surface area contributed by atoms with Crippen LogP contribution in [0.3, 0.4) is 0 Å². The molecule has 0 bridgehead atoms. The minimum Gasteiger partial charge on any atom is -0.331 e. The number of benzene rings is 2. The maximum absolute atomic E-state index is 14.7. The highest BCUT2D eigenvalue weighted by Crippen LogP contribution is 2.36. The molecule has 1 amide bonds. The van der Waals surface area contributed by atoms with Gasteiger partial charge in [-0.3, -0.25) is 9.59 Å². The summed E-state index contributed by atoms with van der Waals surface area (Å²) in [7, 11) is -3.94. The summed E-state index contributed by atoms with van der Waals surface area (Å²) in [6.07, 6.45) is 5.88. The van der Waals surface area contributed by atoms with Crippen molar-refractivity contribution < 1.29 is 22.4 Å². The number of fused-ring (bicyclic) bond motifs is 1. The number of sulfonamides is 1. The lowest BCUT2D eigenvalue weighted by Gasteiger charge is -2.14. The van der Waals surface area contributed by atoms with Gasteiger partial charge in [-0.05, 0) is 24.3 Å². The average molecular weight is 507 g/mol. The predicted molar refractivity (Wildman–Crippen MR) is 127 cm³/mol. The first-order valence-corrected chi connectivity index (χ1v) is 12.4. The van der Waals surface area contributed by atoms with Gasteiger partial charge in [0.2, 0.25) is 10.0 Å². The number of amides is 1. The largest absolute Gasteiger partial charge is 0.331 e. The summed E-state index contributed by atoms with van der Waals surface area (Å²) in [5.41, 5.74) is 1.000. The van der Waals surface area contributed by atoms with Crippen LogP contribution >= 0.6 is 23.2 Å². The van der Waals surface area contributed by atoms with Gasteiger partial charge >= 0.3 is 0 Å². The van der Waals surface area contributed by atoms with E-state index >= 15 is 0 Å². The third-order valence-electron chi connectivity index (χ3n) is 5.15. The van der Waals surface area contributed by atoms with Crippen molar-refractivity contribution in [3.8, 4) is 0 Å². The normalized spacial score (nSPS) is 13.9. The molecule has 1 N–H and O–H groups in total. The van der Waals surface area contributed by atoms with Crippen LogP contribution in [0.1, 0.15) is 28.0 Å². The molecule has 170 valence electrons. The Morgan fingerprint density at radius 3 is 2.67 bits per heavy atom. The Labute approximate surface area is 199 Å². The van der Waals surface area contributed by atoms with Crippen LogP contribution in [0.2, 0.25) is 10.0 Å². The molecule has 0 fully saturated rings. The monoisotopic (exact) mass is 506 g/mol. The number of carbonyl (C=O) groups is 2. The zero-order chi connectivity index (χ0) is 23.9. The summed E-state index contributed by atoms with van der Waals surface area (Å²) in [4.78, 5) is 26.0. The van der Waals surface area contributed by atoms with Gasteiger partial charge in [-0.25, -0.2) is 17.5 Å². The molecule has 1 aliphatic rings. The lowest BCUT2D eigenvalue weighted by atomic mass is 9.93. The molecule has 0 radical (unpaired) electrons. The van der Waals surface area contributed by atoms with Crippen LogP contribution in [0.25, 0.3) is 16.5 Å². The van der Waals surface area contributed by atoms with Gasteiger partial charge in [-0.15, -0.1) is 0 Å². The molecular weight excluding hydrogens is 490 g/mol. The molecule has 2 aromatic carbocycles. The highest BCUT2D eigenvalue weighted by Gasteiger charge is 2.30. The molecular formula is C23H17Cl2FN2O4S. The van der Waals surface area contributed by atoms with Crippen molar-refractivity contribution in [1.82, 2.24) is 9.29 Å².